The van der Waals surface area contributed by atoms with E-state index < -0.39 is 0 Å². The van der Waals surface area contributed by atoms with Crippen molar-refractivity contribution in [1.82, 2.24) is 10.2 Å². The van der Waals surface area contributed by atoms with Crippen LogP contribution in [0.4, 0.5) is 0 Å². The van der Waals surface area contributed by atoms with Crippen molar-refractivity contribution in [3.8, 4) is 17.6 Å². The molecule has 0 aliphatic carbocycles. The maximum absolute atomic E-state index is 11.8. The molecule has 0 saturated carbocycles. The topological polar surface area (TPSA) is 41.6 Å². The molecule has 0 fully saturated rings. The number of hydrogen-bond acceptors (Lipinski definition) is 3. The van der Waals surface area contributed by atoms with Crippen LogP contribution in [0, 0.1) is 11.8 Å². The van der Waals surface area contributed by atoms with E-state index in [0.29, 0.717) is 18.2 Å². The van der Waals surface area contributed by atoms with Crippen LogP contribution in [0.25, 0.3) is 0 Å². The summed E-state index contributed by atoms with van der Waals surface area (Å²) in [5.74, 6) is 5.91. The number of benzene rings is 2. The number of carbonyl (C=O) groups excluding carboxylic acids is 1. The zero-order valence-corrected chi connectivity index (χ0v) is 16.6. The molecule has 142 valence electrons. The Morgan fingerprint density at radius 2 is 1.74 bits per heavy atom. The third kappa shape index (κ3) is 7.74. The van der Waals surface area contributed by atoms with Gasteiger partial charge in [-0.25, -0.2) is 0 Å². The molecule has 1 amide bonds. The second kappa shape index (κ2) is 11.3. The standard InChI is InChI=1S/C22H25ClN2O2/c1-3-25(4-2)15-16-27-21-12-7-19(8-13-21)17-24-22(26)14-9-18-5-10-20(23)11-6-18/h5-8,10-13H,3-4,15-17H2,1-2H3,(H,24,26). The molecule has 0 aliphatic heterocycles. The Hall–Kier alpha value is -2.48. The Bertz CT molecular complexity index is 773. The second-order valence-electron chi connectivity index (χ2n) is 5.96. The zero-order chi connectivity index (χ0) is 19.5. The van der Waals surface area contributed by atoms with Crippen molar-refractivity contribution < 1.29 is 9.53 Å². The van der Waals surface area contributed by atoms with Gasteiger partial charge in [0.2, 0.25) is 0 Å². The van der Waals surface area contributed by atoms with Gasteiger partial charge in [0.25, 0.3) is 5.91 Å². The van der Waals surface area contributed by atoms with Crippen LogP contribution in [0.5, 0.6) is 5.75 Å². The van der Waals surface area contributed by atoms with Gasteiger partial charge in [-0.2, -0.15) is 0 Å². The predicted molar refractivity (Wildman–Crippen MR) is 110 cm³/mol. The van der Waals surface area contributed by atoms with E-state index in [1.807, 2.05) is 24.3 Å². The van der Waals surface area contributed by atoms with Gasteiger partial charge >= 0.3 is 0 Å². The second-order valence-corrected chi connectivity index (χ2v) is 6.40. The number of hydrogen-bond donors (Lipinski definition) is 1. The van der Waals surface area contributed by atoms with Crippen molar-refractivity contribution in [2.24, 2.45) is 0 Å². The Morgan fingerprint density at radius 1 is 1.07 bits per heavy atom. The first-order valence-electron chi connectivity index (χ1n) is 9.10. The minimum Gasteiger partial charge on any atom is -0.492 e. The molecule has 0 aromatic heterocycles. The molecule has 0 unspecified atom stereocenters. The van der Waals surface area contributed by atoms with E-state index in [1.54, 1.807) is 24.3 Å². The third-order valence-electron chi connectivity index (χ3n) is 4.11. The summed E-state index contributed by atoms with van der Waals surface area (Å²) in [7, 11) is 0. The molecule has 0 saturated heterocycles. The molecule has 0 spiro atoms. The van der Waals surface area contributed by atoms with Crippen LogP contribution in [0.15, 0.2) is 48.5 Å². The lowest BCUT2D eigenvalue weighted by molar-refractivity contribution is -0.115. The first-order chi connectivity index (χ1) is 13.1. The van der Waals surface area contributed by atoms with E-state index in [4.69, 9.17) is 16.3 Å². The summed E-state index contributed by atoms with van der Waals surface area (Å²) in [6.45, 7) is 8.35. The summed E-state index contributed by atoms with van der Waals surface area (Å²) in [6, 6.07) is 14.8. The van der Waals surface area contributed by atoms with Crippen LogP contribution in [0.3, 0.4) is 0 Å². The minimum atomic E-state index is -0.315. The molecule has 1 N–H and O–H groups in total. The fourth-order valence-corrected chi connectivity index (χ4v) is 2.55. The summed E-state index contributed by atoms with van der Waals surface area (Å²) in [5, 5.41) is 3.43. The highest BCUT2D eigenvalue weighted by molar-refractivity contribution is 6.30. The quantitative estimate of drug-likeness (QED) is 0.705. The summed E-state index contributed by atoms with van der Waals surface area (Å²) in [4.78, 5) is 14.2. The lowest BCUT2D eigenvalue weighted by Crippen LogP contribution is -2.27. The van der Waals surface area contributed by atoms with E-state index in [1.165, 1.54) is 0 Å². The van der Waals surface area contributed by atoms with Crippen LogP contribution < -0.4 is 10.1 Å². The van der Waals surface area contributed by atoms with Crippen molar-refractivity contribution >= 4 is 17.5 Å². The maximum Gasteiger partial charge on any atom is 0.296 e. The van der Waals surface area contributed by atoms with Gasteiger partial charge < -0.3 is 15.0 Å². The molecule has 2 rings (SSSR count). The van der Waals surface area contributed by atoms with Crippen LogP contribution >= 0.6 is 11.6 Å². The zero-order valence-electron chi connectivity index (χ0n) is 15.8. The monoisotopic (exact) mass is 384 g/mol. The van der Waals surface area contributed by atoms with Gasteiger partial charge in [0.1, 0.15) is 12.4 Å². The SMILES string of the molecule is CCN(CC)CCOc1ccc(CNC(=O)C#Cc2ccc(Cl)cc2)cc1. The van der Waals surface area contributed by atoms with E-state index in [2.05, 4.69) is 35.9 Å². The smallest absolute Gasteiger partial charge is 0.296 e. The summed E-state index contributed by atoms with van der Waals surface area (Å²) in [5.41, 5.74) is 1.74. The predicted octanol–water partition coefficient (Wildman–Crippen LogP) is 3.73. The molecule has 0 heterocycles. The third-order valence-corrected chi connectivity index (χ3v) is 4.36. The number of nitrogens with one attached hydrogen (secondary N) is 1. The van der Waals surface area contributed by atoms with E-state index in [9.17, 15) is 4.79 Å². The Labute approximate surface area is 166 Å². The Morgan fingerprint density at radius 3 is 2.37 bits per heavy atom. The van der Waals surface area contributed by atoms with Crippen molar-refractivity contribution in [3.05, 3.63) is 64.7 Å². The highest BCUT2D eigenvalue weighted by Gasteiger charge is 2.01. The normalized spacial score (nSPS) is 10.2. The number of nitrogens with zero attached hydrogens (tertiary/aromatic N) is 1. The number of rotatable bonds is 8. The van der Waals surface area contributed by atoms with Gasteiger partial charge in [-0.15, -0.1) is 0 Å². The summed E-state index contributed by atoms with van der Waals surface area (Å²) in [6.07, 6.45) is 0. The number of carbonyl (C=O) groups is 1. The molecule has 0 aliphatic rings. The number of amides is 1. The maximum atomic E-state index is 11.8. The van der Waals surface area contributed by atoms with E-state index in [-0.39, 0.29) is 5.91 Å². The van der Waals surface area contributed by atoms with Crippen LogP contribution in [0.1, 0.15) is 25.0 Å². The lowest BCUT2D eigenvalue weighted by Gasteiger charge is -2.18. The summed E-state index contributed by atoms with van der Waals surface area (Å²) < 4.78 is 5.76. The van der Waals surface area contributed by atoms with Gasteiger partial charge in [0.15, 0.2) is 0 Å². The Balaban J connectivity index is 1.76. The first kappa shape index (κ1) is 20.8. The van der Waals surface area contributed by atoms with Gasteiger partial charge in [-0.1, -0.05) is 43.5 Å². The molecule has 2 aromatic carbocycles. The van der Waals surface area contributed by atoms with Crippen LogP contribution in [-0.2, 0) is 11.3 Å². The highest BCUT2D eigenvalue weighted by Crippen LogP contribution is 2.12. The van der Waals surface area contributed by atoms with Gasteiger partial charge in [0, 0.05) is 29.6 Å². The molecule has 27 heavy (non-hydrogen) atoms. The number of ether oxygens (including phenoxy) is 1. The van der Waals surface area contributed by atoms with Gasteiger partial charge in [0.05, 0.1) is 0 Å². The number of halogens is 1. The fourth-order valence-electron chi connectivity index (χ4n) is 2.42. The van der Waals surface area contributed by atoms with Gasteiger partial charge in [-0.05, 0) is 55.1 Å². The van der Waals surface area contributed by atoms with Crippen molar-refractivity contribution in [1.29, 1.82) is 0 Å². The molecule has 5 heteroatoms. The van der Waals surface area contributed by atoms with Crippen LogP contribution in [0.2, 0.25) is 5.02 Å². The van der Waals surface area contributed by atoms with Crippen molar-refractivity contribution in [3.63, 3.8) is 0 Å². The molecular weight excluding hydrogens is 360 g/mol. The highest BCUT2D eigenvalue weighted by atomic mass is 35.5. The van der Waals surface area contributed by atoms with Crippen molar-refractivity contribution in [2.45, 2.75) is 20.4 Å². The molecule has 0 atom stereocenters. The molecule has 0 bridgehead atoms. The average Bonchev–Trinajstić information content (AvgIpc) is 2.70. The lowest BCUT2D eigenvalue weighted by atomic mass is 10.2. The number of likely N-dealkylation sites (N-methyl/N-ethyl adjacent to an activating group) is 1. The van der Waals surface area contributed by atoms with E-state index in [0.717, 1.165) is 36.5 Å². The fraction of sp³-hybridized carbons (Fsp3) is 0.318. The van der Waals surface area contributed by atoms with Crippen LogP contribution in [-0.4, -0.2) is 37.0 Å². The Kier molecular flexibility index (Phi) is 8.70. The van der Waals surface area contributed by atoms with Gasteiger partial charge in [-0.3, -0.25) is 4.79 Å². The van der Waals surface area contributed by atoms with E-state index >= 15 is 0 Å². The molecule has 4 nitrogen and oxygen atoms in total. The van der Waals surface area contributed by atoms with Crippen molar-refractivity contribution in [2.75, 3.05) is 26.2 Å². The molecule has 2 aromatic rings. The minimum absolute atomic E-state index is 0.315. The molecular formula is C22H25ClN2O2. The first-order valence-corrected chi connectivity index (χ1v) is 9.48. The average molecular weight is 385 g/mol. The molecule has 0 radical (unpaired) electrons. The summed E-state index contributed by atoms with van der Waals surface area (Å²) >= 11 is 5.82. The largest absolute Gasteiger partial charge is 0.492 e.